The fourth-order valence-corrected chi connectivity index (χ4v) is 9.01. The summed E-state index contributed by atoms with van der Waals surface area (Å²) in [5, 5.41) is 0. The quantitative estimate of drug-likeness (QED) is 0.179. The van der Waals surface area contributed by atoms with Gasteiger partial charge in [-0.3, -0.25) is 4.98 Å². The largest absolute Gasteiger partial charge is 0.256 e. The highest BCUT2D eigenvalue weighted by Crippen LogP contribution is 2.63. The summed E-state index contributed by atoms with van der Waals surface area (Å²) in [5.74, 6) is 0.688. The van der Waals surface area contributed by atoms with E-state index in [0.717, 1.165) is 39.3 Å². The van der Waals surface area contributed by atoms with Crippen LogP contribution in [0.25, 0.3) is 78.5 Å². The van der Waals surface area contributed by atoms with Crippen molar-refractivity contribution in [2.24, 2.45) is 0 Å². The Hall–Kier alpha value is -7.23. The topological polar surface area (TPSA) is 38.7 Å². The third kappa shape index (κ3) is 4.80. The number of pyridine rings is 1. The molecule has 0 unspecified atom stereocenters. The molecule has 0 atom stereocenters. The molecule has 9 aromatic rings. The number of aromatic nitrogens is 3. The van der Waals surface area contributed by atoms with Crippen LogP contribution in [0.4, 0.5) is 0 Å². The van der Waals surface area contributed by atoms with E-state index < -0.39 is 0 Å². The van der Waals surface area contributed by atoms with E-state index in [1.165, 1.54) is 55.6 Å². The molecule has 256 valence electrons. The number of hydrogen-bond acceptors (Lipinski definition) is 3. The maximum Gasteiger partial charge on any atom is 0.160 e. The van der Waals surface area contributed by atoms with E-state index in [9.17, 15) is 0 Å². The van der Waals surface area contributed by atoms with Crippen LogP contribution in [0.2, 0.25) is 0 Å². The van der Waals surface area contributed by atoms with E-state index in [0.29, 0.717) is 5.82 Å². The monoisotopic (exact) mass is 699 g/mol. The second-order valence-electron chi connectivity index (χ2n) is 14.3. The zero-order chi connectivity index (χ0) is 36.3. The maximum atomic E-state index is 5.16. The van der Waals surface area contributed by atoms with Crippen LogP contribution in [0.1, 0.15) is 22.3 Å². The number of fused-ring (bicyclic) bond motifs is 10. The maximum absolute atomic E-state index is 5.16. The molecule has 2 heterocycles. The number of benzene rings is 7. The predicted molar refractivity (Wildman–Crippen MR) is 223 cm³/mol. The molecule has 0 bridgehead atoms. The first-order valence-electron chi connectivity index (χ1n) is 18.8. The van der Waals surface area contributed by atoms with Crippen LogP contribution >= 0.6 is 0 Å². The van der Waals surface area contributed by atoms with Gasteiger partial charge in [-0.2, -0.15) is 0 Å². The van der Waals surface area contributed by atoms with Crippen molar-refractivity contribution in [1.82, 2.24) is 15.0 Å². The fraction of sp³-hybridized carbons (Fsp3) is 0.0192. The van der Waals surface area contributed by atoms with Crippen LogP contribution < -0.4 is 0 Å². The van der Waals surface area contributed by atoms with E-state index in [-0.39, 0.29) is 5.41 Å². The molecule has 3 nitrogen and oxygen atoms in total. The minimum atomic E-state index is -0.365. The standard InChI is InChI=1S/C52H33N3/c1-2-13-35(14-3-1)48-33-49(55-51(54-48)38-30-28-36(29-31-38)47-23-10-11-32-53-47)37-26-24-34(25-27-37)39-18-12-22-46-50(39)42-17-6-9-21-45(42)52(46)43-19-7-4-15-40(43)41-16-5-8-20-44(41)52/h1-33H. The Bertz CT molecular complexity index is 2850. The van der Waals surface area contributed by atoms with Crippen molar-refractivity contribution in [3.05, 3.63) is 223 Å². The van der Waals surface area contributed by atoms with Crippen molar-refractivity contribution >= 4 is 0 Å². The first-order chi connectivity index (χ1) is 27.3. The van der Waals surface area contributed by atoms with E-state index in [1.54, 1.807) is 0 Å². The average Bonchev–Trinajstić information content (AvgIpc) is 3.75. The van der Waals surface area contributed by atoms with Gasteiger partial charge in [0.15, 0.2) is 5.82 Å². The molecule has 0 saturated heterocycles. The van der Waals surface area contributed by atoms with E-state index in [2.05, 4.69) is 175 Å². The molecule has 0 saturated carbocycles. The molecule has 2 aliphatic carbocycles. The predicted octanol–water partition coefficient (Wildman–Crippen LogP) is 12.6. The highest BCUT2D eigenvalue weighted by atomic mass is 14.9. The van der Waals surface area contributed by atoms with E-state index in [4.69, 9.17) is 9.97 Å². The molecule has 0 amide bonds. The van der Waals surface area contributed by atoms with Gasteiger partial charge in [0.2, 0.25) is 0 Å². The third-order valence-corrected chi connectivity index (χ3v) is 11.4. The molecular weight excluding hydrogens is 667 g/mol. The summed E-state index contributed by atoms with van der Waals surface area (Å²) in [7, 11) is 0. The van der Waals surface area contributed by atoms with Gasteiger partial charge in [-0.15, -0.1) is 0 Å². The molecule has 3 heteroatoms. The first kappa shape index (κ1) is 31.3. The minimum Gasteiger partial charge on any atom is -0.256 e. The summed E-state index contributed by atoms with van der Waals surface area (Å²) in [6.45, 7) is 0. The van der Waals surface area contributed by atoms with Gasteiger partial charge in [-0.1, -0.05) is 176 Å². The molecule has 0 fully saturated rings. The zero-order valence-corrected chi connectivity index (χ0v) is 29.9. The second-order valence-corrected chi connectivity index (χ2v) is 14.3. The third-order valence-electron chi connectivity index (χ3n) is 11.4. The smallest absolute Gasteiger partial charge is 0.160 e. The Morgan fingerprint density at radius 2 is 0.782 bits per heavy atom. The van der Waals surface area contributed by atoms with Crippen molar-refractivity contribution in [3.8, 4) is 78.5 Å². The molecule has 1 spiro atoms. The molecule has 2 aliphatic rings. The Balaban J connectivity index is 1.03. The summed E-state index contributed by atoms with van der Waals surface area (Å²) in [4.78, 5) is 14.7. The Morgan fingerprint density at radius 3 is 1.42 bits per heavy atom. The summed E-state index contributed by atoms with van der Waals surface area (Å²) < 4.78 is 0. The van der Waals surface area contributed by atoms with Gasteiger partial charge in [0.1, 0.15) is 0 Å². The molecule has 0 N–H and O–H groups in total. The average molecular weight is 700 g/mol. The number of rotatable bonds is 5. The summed E-state index contributed by atoms with van der Waals surface area (Å²) in [6.07, 6.45) is 1.82. The van der Waals surface area contributed by atoms with Crippen LogP contribution in [0, 0.1) is 0 Å². The van der Waals surface area contributed by atoms with Gasteiger partial charge >= 0.3 is 0 Å². The minimum absolute atomic E-state index is 0.365. The van der Waals surface area contributed by atoms with Crippen molar-refractivity contribution < 1.29 is 0 Å². The van der Waals surface area contributed by atoms with Crippen molar-refractivity contribution in [2.45, 2.75) is 5.41 Å². The van der Waals surface area contributed by atoms with E-state index >= 15 is 0 Å². The second kappa shape index (κ2) is 12.4. The molecular formula is C52H33N3. The highest BCUT2D eigenvalue weighted by Gasteiger charge is 2.51. The van der Waals surface area contributed by atoms with Crippen LogP contribution in [0.3, 0.4) is 0 Å². The van der Waals surface area contributed by atoms with Gasteiger partial charge in [0.25, 0.3) is 0 Å². The summed E-state index contributed by atoms with van der Waals surface area (Å²) in [6, 6.07) is 69.5. The Labute approximate surface area is 320 Å². The van der Waals surface area contributed by atoms with Crippen LogP contribution in [0.5, 0.6) is 0 Å². The van der Waals surface area contributed by atoms with Crippen LogP contribution in [-0.4, -0.2) is 15.0 Å². The lowest BCUT2D eigenvalue weighted by Gasteiger charge is -2.30. The van der Waals surface area contributed by atoms with Crippen molar-refractivity contribution in [3.63, 3.8) is 0 Å². The van der Waals surface area contributed by atoms with Crippen molar-refractivity contribution in [2.75, 3.05) is 0 Å². The lowest BCUT2D eigenvalue weighted by atomic mass is 9.70. The number of hydrogen-bond donors (Lipinski definition) is 0. The van der Waals surface area contributed by atoms with Gasteiger partial charge in [-0.25, -0.2) is 9.97 Å². The van der Waals surface area contributed by atoms with Gasteiger partial charge in [-0.05, 0) is 73.8 Å². The first-order valence-corrected chi connectivity index (χ1v) is 18.8. The molecule has 0 radical (unpaired) electrons. The van der Waals surface area contributed by atoms with E-state index in [1.807, 2.05) is 30.5 Å². The summed E-state index contributed by atoms with van der Waals surface area (Å²) >= 11 is 0. The Morgan fingerprint density at radius 1 is 0.309 bits per heavy atom. The van der Waals surface area contributed by atoms with Gasteiger partial charge in [0.05, 0.1) is 22.5 Å². The van der Waals surface area contributed by atoms with Gasteiger partial charge < -0.3 is 0 Å². The lowest BCUT2D eigenvalue weighted by molar-refractivity contribution is 0.794. The fourth-order valence-electron chi connectivity index (χ4n) is 9.01. The SMILES string of the molecule is c1ccc(-c2cc(-c3ccc(-c4cccc5c4-c4ccccc4C54c5ccccc5-c5ccccc54)cc3)nc(-c3ccc(-c4ccccn4)cc3)n2)cc1. The van der Waals surface area contributed by atoms with Crippen LogP contribution in [0.15, 0.2) is 200 Å². The molecule has 2 aromatic heterocycles. The molecule has 11 rings (SSSR count). The van der Waals surface area contributed by atoms with Crippen LogP contribution in [-0.2, 0) is 5.41 Å². The molecule has 0 aliphatic heterocycles. The normalized spacial score (nSPS) is 12.9. The van der Waals surface area contributed by atoms with Gasteiger partial charge in [0, 0.05) is 28.5 Å². The lowest BCUT2D eigenvalue weighted by Crippen LogP contribution is -2.25. The molecule has 7 aromatic carbocycles. The molecule has 55 heavy (non-hydrogen) atoms. The summed E-state index contributed by atoms with van der Waals surface area (Å²) in [5.41, 5.74) is 19.5. The number of nitrogens with zero attached hydrogens (tertiary/aromatic N) is 3. The Kier molecular flexibility index (Phi) is 7.08. The zero-order valence-electron chi connectivity index (χ0n) is 29.9. The highest BCUT2D eigenvalue weighted by molar-refractivity contribution is 6.00. The van der Waals surface area contributed by atoms with Crippen molar-refractivity contribution in [1.29, 1.82) is 0 Å².